The lowest BCUT2D eigenvalue weighted by molar-refractivity contribution is -0.148. The van der Waals surface area contributed by atoms with Crippen LogP contribution in [0, 0.1) is 5.41 Å². The number of ether oxygens (including phenoxy) is 2. The number of benzene rings is 1. The highest BCUT2D eigenvalue weighted by Crippen LogP contribution is 2.43. The van der Waals surface area contributed by atoms with Crippen LogP contribution < -0.4 is 26.8 Å². The highest BCUT2D eigenvalue weighted by Gasteiger charge is 2.43. The van der Waals surface area contributed by atoms with E-state index in [0.717, 1.165) is 68.3 Å². The molecule has 3 atom stereocenters. The van der Waals surface area contributed by atoms with E-state index in [9.17, 15) is 19.8 Å². The number of aryl methyl sites for hydroxylation is 1. The number of nitrogens with two attached hydrogens (primary N) is 2. The summed E-state index contributed by atoms with van der Waals surface area (Å²) in [5.74, 6) is 2.72. The van der Waals surface area contributed by atoms with Gasteiger partial charge >= 0.3 is 5.97 Å². The van der Waals surface area contributed by atoms with E-state index in [-0.39, 0.29) is 35.7 Å². The maximum absolute atomic E-state index is 13.9. The average molecular weight is 773 g/mol. The number of phenolic OH excluding ortho intramolecular Hbond substituents is 1. The molecular weight excluding hydrogens is 713 g/mol. The number of nitrogens with zero attached hydrogens (tertiary/aromatic N) is 2. The first-order valence-corrected chi connectivity index (χ1v) is 21.9. The van der Waals surface area contributed by atoms with Crippen LogP contribution in [0.5, 0.6) is 11.5 Å². The summed E-state index contributed by atoms with van der Waals surface area (Å²) in [4.78, 5) is 32.3. The number of esters is 1. The molecule has 0 unspecified atom stereocenters. The van der Waals surface area contributed by atoms with Crippen LogP contribution in [-0.2, 0) is 27.3 Å². The molecule has 4 aliphatic rings. The third-order valence-corrected chi connectivity index (χ3v) is 12.8. The standard InChI is InChI=1S/C39H60N6O6S2/c1-27(46)50-33-12-11-28-18-30(37(49)34(19-28)51-32-9-5-6-10-32)24-45-25-39(23-36(45)48,22-29-13-15-42-35(40)20-29)14-16-43-38(41)44-26-53-52-17-7-3-2-4-8-31(47)21-33/h13,18-20,31-33,42,47,49H,2-12,14-17,21-26,40H2,1H3,(H3,41,43,44)/t31-,33+,39+/m0/s1. The fourth-order valence-corrected chi connectivity index (χ4v) is 9.74. The molecule has 0 spiro atoms. The smallest absolute Gasteiger partial charge is 0.302 e. The molecule has 0 radical (unpaired) electrons. The van der Waals surface area contributed by atoms with Gasteiger partial charge in [0.05, 0.1) is 23.9 Å². The second-order valence-corrected chi connectivity index (χ2v) is 17.7. The second-order valence-electron chi connectivity index (χ2n) is 15.1. The molecule has 53 heavy (non-hydrogen) atoms. The minimum Gasteiger partial charge on any atom is -0.504 e. The van der Waals surface area contributed by atoms with Crippen molar-refractivity contribution >= 4 is 39.4 Å². The molecular formula is C39H60N6O6S2. The summed E-state index contributed by atoms with van der Waals surface area (Å²) in [7, 11) is 3.47. The second kappa shape index (κ2) is 20.5. The first-order chi connectivity index (χ1) is 25.6. The molecule has 1 aromatic carbocycles. The number of phenols is 1. The molecule has 8 N–H and O–H groups in total. The predicted molar refractivity (Wildman–Crippen MR) is 213 cm³/mol. The lowest BCUT2D eigenvalue weighted by Gasteiger charge is -2.31. The lowest BCUT2D eigenvalue weighted by atomic mass is 9.77. The maximum Gasteiger partial charge on any atom is 0.302 e. The summed E-state index contributed by atoms with van der Waals surface area (Å²) < 4.78 is 12.1. The van der Waals surface area contributed by atoms with Gasteiger partial charge in [-0.2, -0.15) is 0 Å². The summed E-state index contributed by atoms with van der Waals surface area (Å²) in [6.07, 6.45) is 15.1. The van der Waals surface area contributed by atoms with Crippen LogP contribution in [0.3, 0.4) is 0 Å². The summed E-state index contributed by atoms with van der Waals surface area (Å²) in [6.45, 7) is 3.35. The molecule has 294 valence electrons. The Balaban J connectivity index is 1.40. The van der Waals surface area contributed by atoms with Crippen LogP contribution in [0.15, 0.2) is 40.7 Å². The first-order valence-electron chi connectivity index (χ1n) is 19.4. The highest BCUT2D eigenvalue weighted by molar-refractivity contribution is 8.76. The molecule has 1 aromatic rings. The van der Waals surface area contributed by atoms with Crippen molar-refractivity contribution in [3.63, 3.8) is 0 Å². The summed E-state index contributed by atoms with van der Waals surface area (Å²) in [5, 5.41) is 28.9. The molecule has 5 rings (SSSR count). The van der Waals surface area contributed by atoms with Gasteiger partial charge in [-0.15, -0.1) is 0 Å². The van der Waals surface area contributed by atoms with Gasteiger partial charge in [0.25, 0.3) is 0 Å². The fraction of sp³-hybridized carbons (Fsp3) is 0.667. The summed E-state index contributed by atoms with van der Waals surface area (Å²) in [5.41, 5.74) is 14.6. The number of guanidine groups is 1. The van der Waals surface area contributed by atoms with Gasteiger partial charge in [0.1, 0.15) is 6.10 Å². The molecule has 1 saturated heterocycles. The van der Waals surface area contributed by atoms with Crippen molar-refractivity contribution in [1.29, 1.82) is 0 Å². The minimum atomic E-state index is -0.564. The number of aromatic hydroxyl groups is 1. The molecule has 1 aliphatic carbocycles. The quantitative estimate of drug-likeness (QED) is 0.167. The minimum absolute atomic E-state index is 0.0240. The van der Waals surface area contributed by atoms with E-state index in [0.29, 0.717) is 93.6 Å². The molecule has 12 nitrogen and oxygen atoms in total. The topological polar surface area (TPSA) is 185 Å². The van der Waals surface area contributed by atoms with Gasteiger partial charge < -0.3 is 46.7 Å². The Labute approximate surface area is 322 Å². The molecule has 3 aliphatic heterocycles. The molecule has 4 bridgehead atoms. The number of dihydropyridines is 1. The monoisotopic (exact) mass is 772 g/mol. The van der Waals surface area contributed by atoms with E-state index in [2.05, 4.69) is 21.7 Å². The van der Waals surface area contributed by atoms with Crippen LogP contribution in [-0.4, -0.2) is 82.5 Å². The normalized spacial score (nSPS) is 26.4. The number of amides is 1. The van der Waals surface area contributed by atoms with Crippen LogP contribution >= 0.6 is 21.6 Å². The van der Waals surface area contributed by atoms with Crippen molar-refractivity contribution in [2.24, 2.45) is 21.9 Å². The third kappa shape index (κ3) is 13.2. The number of aliphatic hydroxyl groups is 1. The molecule has 14 heteroatoms. The Morgan fingerprint density at radius 2 is 1.85 bits per heavy atom. The van der Waals surface area contributed by atoms with Gasteiger partial charge in [0.2, 0.25) is 5.91 Å². The van der Waals surface area contributed by atoms with Crippen LogP contribution in [0.1, 0.15) is 108 Å². The molecule has 0 aromatic heterocycles. The van der Waals surface area contributed by atoms with Gasteiger partial charge in [-0.05, 0) is 87.5 Å². The van der Waals surface area contributed by atoms with E-state index in [4.69, 9.17) is 20.9 Å². The predicted octanol–water partition coefficient (Wildman–Crippen LogP) is 5.36. The average Bonchev–Trinajstić information content (AvgIpc) is 3.72. The van der Waals surface area contributed by atoms with Crippen LogP contribution in [0.25, 0.3) is 0 Å². The number of nitrogens with one attached hydrogen (secondary N) is 2. The number of fused-ring (bicyclic) bond motifs is 4. The zero-order valence-corrected chi connectivity index (χ0v) is 32.9. The Morgan fingerprint density at radius 1 is 1.06 bits per heavy atom. The number of rotatable bonds is 5. The van der Waals surface area contributed by atoms with E-state index in [1.54, 1.807) is 21.6 Å². The van der Waals surface area contributed by atoms with E-state index >= 15 is 0 Å². The van der Waals surface area contributed by atoms with Crippen molar-refractivity contribution < 1.29 is 29.3 Å². The summed E-state index contributed by atoms with van der Waals surface area (Å²) >= 11 is 0. The lowest BCUT2D eigenvalue weighted by Crippen LogP contribution is -2.37. The number of carbonyl (C=O) groups is 2. The number of carbonyl (C=O) groups excluding carboxylic acids is 2. The van der Waals surface area contributed by atoms with Crippen LogP contribution in [0.4, 0.5) is 0 Å². The van der Waals surface area contributed by atoms with E-state index in [1.165, 1.54) is 6.92 Å². The SMILES string of the molecule is CC(=O)O[C@@H]1CCc2cc(c(O)c(OC3CCCC3)c2)CN2C[C@@](CC3=CCNC(N)=C3)(CCNC(N)=NCSSCCCCCC[C@H](O)C1)CC2=O. The highest BCUT2D eigenvalue weighted by atomic mass is 33.1. The Kier molecular flexibility index (Phi) is 15.8. The Hall–Kier alpha value is -3.23. The number of hydrogen-bond donors (Lipinski definition) is 6. The maximum atomic E-state index is 13.9. The van der Waals surface area contributed by atoms with Crippen molar-refractivity contribution in [1.82, 2.24) is 15.5 Å². The van der Waals surface area contributed by atoms with E-state index in [1.807, 2.05) is 23.1 Å². The molecule has 1 saturated carbocycles. The van der Waals surface area contributed by atoms with Gasteiger partial charge in [-0.1, -0.05) is 53.0 Å². The number of allylic oxidation sites excluding steroid dienone is 2. The summed E-state index contributed by atoms with van der Waals surface area (Å²) in [6, 6.07) is 3.83. The van der Waals surface area contributed by atoms with Gasteiger partial charge in [0.15, 0.2) is 17.5 Å². The third-order valence-electron chi connectivity index (χ3n) is 10.6. The van der Waals surface area contributed by atoms with E-state index < -0.39 is 12.2 Å². The largest absolute Gasteiger partial charge is 0.504 e. The zero-order chi connectivity index (χ0) is 37.6. The van der Waals surface area contributed by atoms with Crippen LogP contribution in [0.2, 0.25) is 0 Å². The number of aliphatic hydroxyl groups excluding tert-OH is 1. The molecule has 2 fully saturated rings. The zero-order valence-electron chi connectivity index (χ0n) is 31.3. The van der Waals surface area contributed by atoms with Gasteiger partial charge in [-0.3, -0.25) is 9.59 Å². The first kappa shape index (κ1) is 40.9. The Bertz CT molecular complexity index is 1480. The van der Waals surface area contributed by atoms with Crippen molar-refractivity contribution in [2.45, 2.75) is 128 Å². The number of aliphatic imine (C=N–C) groups is 1. The Morgan fingerprint density at radius 3 is 2.64 bits per heavy atom. The number of hydrogen-bond acceptors (Lipinski definition) is 13. The van der Waals surface area contributed by atoms with Crippen molar-refractivity contribution in [3.8, 4) is 11.5 Å². The fourth-order valence-electron chi connectivity index (χ4n) is 7.95. The molecule has 1 amide bonds. The van der Waals surface area contributed by atoms with Crippen molar-refractivity contribution in [3.05, 3.63) is 46.8 Å². The van der Waals surface area contributed by atoms with Crippen molar-refractivity contribution in [2.75, 3.05) is 31.3 Å². The van der Waals surface area contributed by atoms with Gasteiger partial charge in [0, 0.05) is 62.7 Å². The van der Waals surface area contributed by atoms with Gasteiger partial charge in [-0.25, -0.2) is 4.99 Å². The molecule has 3 heterocycles.